The normalized spacial score (nSPS) is 11.6. The fourth-order valence-electron chi connectivity index (χ4n) is 0.614. The Morgan fingerprint density at radius 2 is 2.17 bits per heavy atom. The molecule has 0 bridgehead atoms. The molecule has 7 heteroatoms. The Morgan fingerprint density at radius 1 is 1.58 bits per heavy atom. The van der Waals surface area contributed by atoms with E-state index in [2.05, 4.69) is 4.98 Å². The molecule has 0 aliphatic rings. The molecule has 0 aromatic carbocycles. The van der Waals surface area contributed by atoms with Crippen LogP contribution in [0, 0.1) is 9.52 Å². The lowest BCUT2D eigenvalue weighted by Crippen LogP contribution is -2.14. The van der Waals surface area contributed by atoms with Gasteiger partial charge in [-0.05, 0) is 28.7 Å². The van der Waals surface area contributed by atoms with Crippen molar-refractivity contribution in [1.82, 2.24) is 4.98 Å². The molecule has 0 fully saturated rings. The van der Waals surface area contributed by atoms with Crippen LogP contribution >= 0.6 is 22.6 Å². The molecule has 0 amide bonds. The minimum Gasteiger partial charge on any atom is -0.247 e. The van der Waals surface area contributed by atoms with Gasteiger partial charge in [-0.1, -0.05) is 0 Å². The van der Waals surface area contributed by atoms with Crippen LogP contribution < -0.4 is 5.14 Å². The summed E-state index contributed by atoms with van der Waals surface area (Å²) >= 11 is 1.76. The van der Waals surface area contributed by atoms with Crippen molar-refractivity contribution in [2.45, 2.75) is 4.90 Å². The van der Waals surface area contributed by atoms with Crippen LogP contribution in [0.25, 0.3) is 0 Å². The lowest BCUT2D eigenvalue weighted by atomic mass is 10.5. The van der Waals surface area contributed by atoms with Gasteiger partial charge in [0.05, 0.1) is 6.20 Å². The van der Waals surface area contributed by atoms with Gasteiger partial charge in [-0.2, -0.15) is 0 Å². The van der Waals surface area contributed by atoms with Crippen LogP contribution in [0.4, 0.5) is 4.39 Å². The second kappa shape index (κ2) is 3.23. The zero-order chi connectivity index (χ0) is 9.35. The second-order valence-corrected chi connectivity index (χ2v) is 4.62. The van der Waals surface area contributed by atoms with Crippen molar-refractivity contribution in [3.05, 3.63) is 21.8 Å². The summed E-state index contributed by atoms with van der Waals surface area (Å²) in [7, 11) is -3.98. The fourth-order valence-corrected chi connectivity index (χ4v) is 1.88. The van der Waals surface area contributed by atoms with E-state index in [-0.39, 0.29) is 0 Å². The van der Waals surface area contributed by atoms with Gasteiger partial charge < -0.3 is 0 Å². The summed E-state index contributed by atoms with van der Waals surface area (Å²) in [6.45, 7) is 0. The molecule has 0 aliphatic heterocycles. The number of hydrogen-bond donors (Lipinski definition) is 1. The highest BCUT2D eigenvalue weighted by Gasteiger charge is 2.14. The average Bonchev–Trinajstić information content (AvgIpc) is 1.92. The molecule has 12 heavy (non-hydrogen) atoms. The fraction of sp³-hybridized carbons (Fsp3) is 0. The van der Waals surface area contributed by atoms with Crippen molar-refractivity contribution in [2.75, 3.05) is 0 Å². The molecule has 1 heterocycles. The van der Waals surface area contributed by atoms with E-state index in [1.54, 1.807) is 22.6 Å². The minimum absolute atomic E-state index is 0.373. The quantitative estimate of drug-likeness (QED) is 0.605. The van der Waals surface area contributed by atoms with E-state index < -0.39 is 20.7 Å². The van der Waals surface area contributed by atoms with E-state index in [1.807, 2.05) is 0 Å². The number of pyridine rings is 1. The number of nitrogens with two attached hydrogens (primary N) is 1. The second-order valence-electron chi connectivity index (χ2n) is 1.98. The number of aromatic nitrogens is 1. The van der Waals surface area contributed by atoms with Gasteiger partial charge >= 0.3 is 0 Å². The lowest BCUT2D eigenvalue weighted by molar-refractivity contribution is 0.563. The minimum atomic E-state index is -3.98. The van der Waals surface area contributed by atoms with Crippen LogP contribution in [0.15, 0.2) is 17.2 Å². The van der Waals surface area contributed by atoms with Crippen molar-refractivity contribution in [1.29, 1.82) is 0 Å². The Balaban J connectivity index is 3.43. The van der Waals surface area contributed by atoms with E-state index in [9.17, 15) is 12.8 Å². The third-order valence-electron chi connectivity index (χ3n) is 1.09. The third kappa shape index (κ3) is 2.11. The van der Waals surface area contributed by atoms with Gasteiger partial charge in [-0.15, -0.1) is 0 Å². The van der Waals surface area contributed by atoms with Crippen LogP contribution in [0.5, 0.6) is 0 Å². The van der Waals surface area contributed by atoms with Crippen LogP contribution in [0.2, 0.25) is 0 Å². The molecule has 0 spiro atoms. The molecule has 1 rings (SSSR count). The van der Waals surface area contributed by atoms with Crippen LogP contribution in [-0.4, -0.2) is 13.4 Å². The summed E-state index contributed by atoms with van der Waals surface area (Å²) in [5.74, 6) is -0.932. The molecule has 0 atom stereocenters. The summed E-state index contributed by atoms with van der Waals surface area (Å²) < 4.78 is 34.5. The first kappa shape index (κ1) is 9.81. The molecule has 66 valence electrons. The molecular formula is C5H4FIN2O2S. The van der Waals surface area contributed by atoms with Crippen molar-refractivity contribution in [3.8, 4) is 0 Å². The van der Waals surface area contributed by atoms with Crippen LogP contribution in [0.3, 0.4) is 0 Å². The van der Waals surface area contributed by atoms with E-state index in [0.29, 0.717) is 3.70 Å². The molecule has 0 radical (unpaired) electrons. The number of hydrogen-bond acceptors (Lipinski definition) is 3. The number of halogens is 2. The molecule has 2 N–H and O–H groups in total. The largest absolute Gasteiger partial charge is 0.247 e. The van der Waals surface area contributed by atoms with Crippen molar-refractivity contribution in [2.24, 2.45) is 5.14 Å². The van der Waals surface area contributed by atoms with Crippen molar-refractivity contribution >= 4 is 32.6 Å². The maximum absolute atomic E-state index is 12.7. The highest BCUT2D eigenvalue weighted by atomic mass is 127. The third-order valence-corrected chi connectivity index (χ3v) is 2.61. The summed E-state index contributed by atoms with van der Waals surface area (Å²) in [5.41, 5.74) is 0. The Morgan fingerprint density at radius 3 is 2.58 bits per heavy atom. The number of primary sulfonamides is 1. The first-order valence-electron chi connectivity index (χ1n) is 2.75. The molecule has 0 aliphatic carbocycles. The van der Waals surface area contributed by atoms with Gasteiger partial charge in [0.1, 0.15) is 8.60 Å². The molecule has 1 aromatic rings. The van der Waals surface area contributed by atoms with Crippen LogP contribution in [0.1, 0.15) is 0 Å². The molecule has 0 saturated carbocycles. The van der Waals surface area contributed by atoms with Crippen molar-refractivity contribution < 1.29 is 12.8 Å². The zero-order valence-corrected chi connectivity index (χ0v) is 8.63. The van der Waals surface area contributed by atoms with E-state index in [4.69, 9.17) is 5.14 Å². The van der Waals surface area contributed by atoms with Gasteiger partial charge in [0, 0.05) is 0 Å². The van der Waals surface area contributed by atoms with Gasteiger partial charge in [0.25, 0.3) is 0 Å². The summed E-state index contributed by atoms with van der Waals surface area (Å²) in [6, 6.07) is 1.07. The smallest absolute Gasteiger partial charge is 0.241 e. The molecular weight excluding hydrogens is 298 g/mol. The highest BCUT2D eigenvalue weighted by Crippen LogP contribution is 2.13. The maximum Gasteiger partial charge on any atom is 0.241 e. The number of rotatable bonds is 1. The predicted octanol–water partition coefficient (Wildman–Crippen LogP) is 0.473. The van der Waals surface area contributed by atoms with E-state index in [0.717, 1.165) is 12.3 Å². The predicted molar refractivity (Wildman–Crippen MR) is 48.3 cm³/mol. The SMILES string of the molecule is NS(=O)(=O)c1cc(I)ncc1F. The lowest BCUT2D eigenvalue weighted by Gasteiger charge is -1.98. The standard InChI is InChI=1S/C5H4FIN2O2S/c6-3-2-9-5(7)1-4(3)12(8,10)11/h1-2H,(H2,8,10,11). The first-order valence-corrected chi connectivity index (χ1v) is 5.37. The number of sulfonamides is 1. The van der Waals surface area contributed by atoms with Gasteiger partial charge in [-0.3, -0.25) is 0 Å². The molecule has 4 nitrogen and oxygen atoms in total. The van der Waals surface area contributed by atoms with Crippen LogP contribution in [-0.2, 0) is 10.0 Å². The summed E-state index contributed by atoms with van der Waals surface area (Å²) in [4.78, 5) is 3.02. The maximum atomic E-state index is 12.7. The van der Waals surface area contributed by atoms with Gasteiger partial charge in [0.15, 0.2) is 5.82 Å². The Hall–Kier alpha value is -0.280. The van der Waals surface area contributed by atoms with E-state index >= 15 is 0 Å². The van der Waals surface area contributed by atoms with E-state index in [1.165, 1.54) is 0 Å². The van der Waals surface area contributed by atoms with Gasteiger partial charge in [0.2, 0.25) is 10.0 Å². The van der Waals surface area contributed by atoms with Crippen molar-refractivity contribution in [3.63, 3.8) is 0 Å². The Kier molecular flexibility index (Phi) is 2.64. The topological polar surface area (TPSA) is 73.1 Å². The molecule has 1 aromatic heterocycles. The monoisotopic (exact) mass is 302 g/mol. The average molecular weight is 302 g/mol. The number of nitrogens with zero attached hydrogens (tertiary/aromatic N) is 1. The zero-order valence-electron chi connectivity index (χ0n) is 5.66. The highest BCUT2D eigenvalue weighted by molar-refractivity contribution is 14.1. The van der Waals surface area contributed by atoms with Gasteiger partial charge in [-0.25, -0.2) is 22.9 Å². The summed E-state index contributed by atoms with van der Waals surface area (Å²) in [6.07, 6.45) is 0.821. The molecule has 0 saturated heterocycles. The Labute approximate surface area is 82.2 Å². The first-order chi connectivity index (χ1) is 5.41. The summed E-state index contributed by atoms with van der Waals surface area (Å²) in [5, 5.41) is 4.73. The Bertz CT molecular complexity index is 406. The molecule has 0 unspecified atom stereocenters.